The largest absolute Gasteiger partial charge is 0.467 e. The van der Waals surface area contributed by atoms with Crippen LogP contribution < -0.4 is 0 Å². The standard InChI is InChI=1S/C15H23NO5/c1-15(2,3)21-14(18)16-9-10-7-5-6-8-20-12(10)11(16)13(17)19-4/h5-6,10-12H,7-9H2,1-4H3/t10-,11?,12?/m0/s1. The second-order valence-electron chi connectivity index (χ2n) is 6.37. The van der Waals surface area contributed by atoms with E-state index in [9.17, 15) is 9.59 Å². The van der Waals surface area contributed by atoms with E-state index in [0.29, 0.717) is 13.2 Å². The summed E-state index contributed by atoms with van der Waals surface area (Å²) >= 11 is 0. The van der Waals surface area contributed by atoms with Crippen LogP contribution in [0.25, 0.3) is 0 Å². The SMILES string of the molecule is COC(=O)C1C2OCC=CC[C@H]2CN1C(=O)OC(C)(C)C. The van der Waals surface area contributed by atoms with E-state index in [1.165, 1.54) is 12.0 Å². The predicted octanol–water partition coefficient (Wildman–Crippen LogP) is 1.74. The predicted molar refractivity (Wildman–Crippen MR) is 75.7 cm³/mol. The van der Waals surface area contributed by atoms with Crippen LogP contribution in [0.4, 0.5) is 4.79 Å². The number of hydrogen-bond donors (Lipinski definition) is 0. The molecule has 0 aromatic carbocycles. The highest BCUT2D eigenvalue weighted by molar-refractivity contribution is 5.83. The molecule has 118 valence electrons. The number of carbonyl (C=O) groups is 2. The molecule has 1 fully saturated rings. The number of amides is 1. The molecule has 2 rings (SSSR count). The van der Waals surface area contributed by atoms with Crippen LogP contribution in [0.3, 0.4) is 0 Å². The van der Waals surface area contributed by atoms with Gasteiger partial charge in [-0.2, -0.15) is 0 Å². The minimum Gasteiger partial charge on any atom is -0.467 e. The molecule has 0 bridgehead atoms. The highest BCUT2D eigenvalue weighted by Gasteiger charge is 2.50. The lowest BCUT2D eigenvalue weighted by atomic mass is 9.98. The van der Waals surface area contributed by atoms with Crippen molar-refractivity contribution >= 4 is 12.1 Å². The molecule has 6 heteroatoms. The molecule has 6 nitrogen and oxygen atoms in total. The molecule has 2 aliphatic rings. The average Bonchev–Trinajstić information content (AvgIpc) is 2.59. The molecule has 0 aromatic heterocycles. The van der Waals surface area contributed by atoms with Gasteiger partial charge < -0.3 is 14.2 Å². The Bertz CT molecular complexity index is 440. The van der Waals surface area contributed by atoms with Crippen LogP contribution in [0.1, 0.15) is 27.2 Å². The van der Waals surface area contributed by atoms with E-state index >= 15 is 0 Å². The summed E-state index contributed by atoms with van der Waals surface area (Å²) in [6.45, 7) is 6.27. The van der Waals surface area contributed by atoms with E-state index < -0.39 is 23.7 Å². The molecule has 0 N–H and O–H groups in total. The molecule has 0 aliphatic carbocycles. The van der Waals surface area contributed by atoms with E-state index in [-0.39, 0.29) is 12.0 Å². The number of ether oxygens (including phenoxy) is 3. The lowest BCUT2D eigenvalue weighted by Gasteiger charge is -2.28. The van der Waals surface area contributed by atoms with Crippen molar-refractivity contribution in [1.82, 2.24) is 4.90 Å². The molecule has 0 aromatic rings. The van der Waals surface area contributed by atoms with Gasteiger partial charge in [0, 0.05) is 12.5 Å². The van der Waals surface area contributed by atoms with Crippen LogP contribution in [0.15, 0.2) is 12.2 Å². The highest BCUT2D eigenvalue weighted by Crippen LogP contribution is 2.32. The van der Waals surface area contributed by atoms with E-state index in [4.69, 9.17) is 14.2 Å². The Morgan fingerprint density at radius 2 is 2.00 bits per heavy atom. The van der Waals surface area contributed by atoms with Crippen molar-refractivity contribution in [3.63, 3.8) is 0 Å². The Morgan fingerprint density at radius 3 is 2.62 bits per heavy atom. The van der Waals surface area contributed by atoms with Crippen molar-refractivity contribution in [1.29, 1.82) is 0 Å². The Labute approximate surface area is 125 Å². The number of hydrogen-bond acceptors (Lipinski definition) is 5. The number of methoxy groups -OCH3 is 1. The summed E-state index contributed by atoms with van der Waals surface area (Å²) in [6.07, 6.45) is 3.89. The van der Waals surface area contributed by atoms with Gasteiger partial charge in [-0.05, 0) is 27.2 Å². The van der Waals surface area contributed by atoms with Crippen LogP contribution in [0, 0.1) is 5.92 Å². The van der Waals surface area contributed by atoms with Gasteiger partial charge in [-0.3, -0.25) is 4.90 Å². The van der Waals surface area contributed by atoms with Crippen molar-refractivity contribution in [2.75, 3.05) is 20.3 Å². The van der Waals surface area contributed by atoms with Crippen molar-refractivity contribution in [2.24, 2.45) is 5.92 Å². The number of carbonyl (C=O) groups excluding carboxylic acids is 2. The number of nitrogens with zero attached hydrogens (tertiary/aromatic N) is 1. The highest BCUT2D eigenvalue weighted by atomic mass is 16.6. The molecule has 0 spiro atoms. The van der Waals surface area contributed by atoms with Crippen molar-refractivity contribution in [3.05, 3.63) is 12.2 Å². The second-order valence-corrected chi connectivity index (χ2v) is 6.37. The molecule has 0 saturated carbocycles. The fourth-order valence-electron chi connectivity index (χ4n) is 2.74. The minimum absolute atomic E-state index is 0.0837. The van der Waals surface area contributed by atoms with E-state index in [2.05, 4.69) is 0 Å². The summed E-state index contributed by atoms with van der Waals surface area (Å²) < 4.78 is 16.0. The first-order valence-electron chi connectivity index (χ1n) is 7.17. The van der Waals surface area contributed by atoms with Gasteiger partial charge in [-0.15, -0.1) is 0 Å². The summed E-state index contributed by atoms with van der Waals surface area (Å²) in [5.41, 5.74) is -0.608. The van der Waals surface area contributed by atoms with Gasteiger partial charge in [0.15, 0.2) is 6.04 Å². The third-order valence-corrected chi connectivity index (χ3v) is 3.60. The van der Waals surface area contributed by atoms with Gasteiger partial charge in [-0.1, -0.05) is 12.2 Å². The summed E-state index contributed by atoms with van der Waals surface area (Å²) in [5.74, 6) is -0.379. The fraction of sp³-hybridized carbons (Fsp3) is 0.733. The normalized spacial score (nSPS) is 28.8. The zero-order chi connectivity index (χ0) is 15.6. The van der Waals surface area contributed by atoms with E-state index in [1.807, 2.05) is 12.2 Å². The van der Waals surface area contributed by atoms with E-state index in [0.717, 1.165) is 6.42 Å². The summed E-state index contributed by atoms with van der Waals surface area (Å²) in [4.78, 5) is 25.9. The first-order chi connectivity index (χ1) is 9.83. The molecule has 2 heterocycles. The fourth-order valence-corrected chi connectivity index (χ4v) is 2.74. The number of fused-ring (bicyclic) bond motifs is 1. The van der Waals surface area contributed by atoms with Gasteiger partial charge >= 0.3 is 12.1 Å². The van der Waals surface area contributed by atoms with Gasteiger partial charge in [0.05, 0.1) is 19.8 Å². The molecule has 3 atom stereocenters. The second kappa shape index (κ2) is 6.05. The zero-order valence-corrected chi connectivity index (χ0v) is 13.0. The first-order valence-corrected chi connectivity index (χ1v) is 7.17. The quantitative estimate of drug-likeness (QED) is 0.545. The van der Waals surface area contributed by atoms with Gasteiger partial charge in [-0.25, -0.2) is 9.59 Å². The van der Waals surface area contributed by atoms with Crippen LogP contribution >= 0.6 is 0 Å². The topological polar surface area (TPSA) is 65.1 Å². The zero-order valence-electron chi connectivity index (χ0n) is 13.0. The summed E-state index contributed by atoms with van der Waals surface area (Å²) in [7, 11) is 1.32. The molecule has 0 radical (unpaired) electrons. The lowest BCUT2D eigenvalue weighted by Crippen LogP contribution is -2.48. The van der Waals surface area contributed by atoms with Crippen LogP contribution in [0.5, 0.6) is 0 Å². The van der Waals surface area contributed by atoms with Gasteiger partial charge in [0.25, 0.3) is 0 Å². The first kappa shape index (κ1) is 15.8. The van der Waals surface area contributed by atoms with Crippen LogP contribution in [-0.4, -0.2) is 55.0 Å². The third-order valence-electron chi connectivity index (χ3n) is 3.60. The Hall–Kier alpha value is -1.56. The van der Waals surface area contributed by atoms with Crippen LogP contribution in [-0.2, 0) is 19.0 Å². The van der Waals surface area contributed by atoms with E-state index in [1.54, 1.807) is 20.8 Å². The molecular weight excluding hydrogens is 274 g/mol. The van der Waals surface area contributed by atoms with Crippen molar-refractivity contribution in [2.45, 2.75) is 44.9 Å². The molecule has 21 heavy (non-hydrogen) atoms. The van der Waals surface area contributed by atoms with Crippen LogP contribution in [0.2, 0.25) is 0 Å². The summed E-state index contributed by atoms with van der Waals surface area (Å²) in [6, 6.07) is -0.741. The molecule has 2 unspecified atom stereocenters. The monoisotopic (exact) mass is 297 g/mol. The molecule has 1 amide bonds. The molecule has 1 saturated heterocycles. The average molecular weight is 297 g/mol. The molecular formula is C15H23NO5. The van der Waals surface area contributed by atoms with Gasteiger partial charge in [0.2, 0.25) is 0 Å². The maximum absolute atomic E-state index is 12.3. The maximum Gasteiger partial charge on any atom is 0.411 e. The third kappa shape index (κ3) is 3.56. The summed E-state index contributed by atoms with van der Waals surface area (Å²) in [5, 5.41) is 0. The number of allylic oxidation sites excluding steroid dienone is 1. The number of likely N-dealkylation sites (tertiary alicyclic amines) is 1. The Balaban J connectivity index is 2.20. The minimum atomic E-state index is -0.741. The molecule has 2 aliphatic heterocycles. The van der Waals surface area contributed by atoms with Crippen molar-refractivity contribution in [3.8, 4) is 0 Å². The number of rotatable bonds is 1. The number of esters is 1. The maximum atomic E-state index is 12.3. The van der Waals surface area contributed by atoms with Crippen molar-refractivity contribution < 1.29 is 23.8 Å². The Morgan fingerprint density at radius 1 is 1.29 bits per heavy atom. The Kier molecular flexibility index (Phi) is 4.56. The smallest absolute Gasteiger partial charge is 0.411 e. The lowest BCUT2D eigenvalue weighted by molar-refractivity contribution is -0.150. The van der Waals surface area contributed by atoms with Gasteiger partial charge in [0.1, 0.15) is 5.60 Å².